The topological polar surface area (TPSA) is 35.2 Å². The van der Waals surface area contributed by atoms with Gasteiger partial charge in [0.2, 0.25) is 0 Å². The minimum Gasteiger partial charge on any atom is -0.496 e. The summed E-state index contributed by atoms with van der Waals surface area (Å²) in [5.41, 5.74) is 8.13. The van der Waals surface area contributed by atoms with E-state index in [0.717, 1.165) is 21.3 Å². The minimum atomic E-state index is -0.263. The summed E-state index contributed by atoms with van der Waals surface area (Å²) in [6, 6.07) is 12.1. The lowest BCUT2D eigenvalue weighted by molar-refractivity contribution is 0.405. The smallest absolute Gasteiger partial charge is 0.124 e. The molecular weight excluding hydrogens is 309 g/mol. The van der Waals surface area contributed by atoms with E-state index in [2.05, 4.69) is 15.9 Å². The lowest BCUT2D eigenvalue weighted by Crippen LogP contribution is -2.14. The molecule has 2 N–H and O–H groups in total. The van der Waals surface area contributed by atoms with E-state index in [1.807, 2.05) is 24.3 Å². The number of nitrogens with two attached hydrogens (primary N) is 1. The van der Waals surface area contributed by atoms with Gasteiger partial charge in [-0.25, -0.2) is 4.39 Å². The standard InChI is InChI=1S/C15H15BrFNO/c1-19-15-5-3-2-4-12(15)14(18)8-10-6-7-11(17)9-13(10)16/h2-7,9,14H,8,18H2,1H3. The average molecular weight is 324 g/mol. The van der Waals surface area contributed by atoms with Crippen molar-refractivity contribution in [2.45, 2.75) is 12.5 Å². The Morgan fingerprint density at radius 2 is 2.00 bits per heavy atom. The lowest BCUT2D eigenvalue weighted by atomic mass is 9.99. The summed E-state index contributed by atoms with van der Waals surface area (Å²) in [7, 11) is 1.62. The highest BCUT2D eigenvalue weighted by atomic mass is 79.9. The Labute approximate surface area is 120 Å². The van der Waals surface area contributed by atoms with Gasteiger partial charge >= 0.3 is 0 Å². The summed E-state index contributed by atoms with van der Waals surface area (Å²) < 4.78 is 19.1. The fourth-order valence-electron chi connectivity index (χ4n) is 2.01. The van der Waals surface area contributed by atoms with Crippen molar-refractivity contribution in [2.24, 2.45) is 5.73 Å². The summed E-state index contributed by atoms with van der Waals surface area (Å²) in [5.74, 6) is 0.509. The molecule has 19 heavy (non-hydrogen) atoms. The van der Waals surface area contributed by atoms with Crippen LogP contribution >= 0.6 is 15.9 Å². The van der Waals surface area contributed by atoms with Crippen molar-refractivity contribution < 1.29 is 9.13 Å². The van der Waals surface area contributed by atoms with Crippen LogP contribution in [0.15, 0.2) is 46.9 Å². The first kappa shape index (κ1) is 14.0. The molecule has 0 amide bonds. The van der Waals surface area contributed by atoms with Crippen LogP contribution in [0.3, 0.4) is 0 Å². The summed E-state index contributed by atoms with van der Waals surface area (Å²) >= 11 is 3.36. The number of rotatable bonds is 4. The molecule has 0 aliphatic carbocycles. The highest BCUT2D eigenvalue weighted by molar-refractivity contribution is 9.10. The van der Waals surface area contributed by atoms with Crippen molar-refractivity contribution in [3.8, 4) is 5.75 Å². The van der Waals surface area contributed by atoms with Gasteiger partial charge in [0.05, 0.1) is 7.11 Å². The molecule has 0 bridgehead atoms. The molecular formula is C15H15BrFNO. The van der Waals surface area contributed by atoms with Crippen molar-refractivity contribution in [1.29, 1.82) is 0 Å². The number of methoxy groups -OCH3 is 1. The van der Waals surface area contributed by atoms with E-state index in [0.29, 0.717) is 6.42 Å². The van der Waals surface area contributed by atoms with Gasteiger partial charge in [0.25, 0.3) is 0 Å². The molecule has 1 unspecified atom stereocenters. The van der Waals surface area contributed by atoms with Gasteiger partial charge in [0.15, 0.2) is 0 Å². The lowest BCUT2D eigenvalue weighted by Gasteiger charge is -2.16. The molecule has 2 aromatic rings. The van der Waals surface area contributed by atoms with Gasteiger partial charge in [-0.3, -0.25) is 0 Å². The Hall–Kier alpha value is -1.39. The second-order valence-electron chi connectivity index (χ2n) is 4.29. The molecule has 0 radical (unpaired) electrons. The van der Waals surface area contributed by atoms with Crippen LogP contribution in [-0.4, -0.2) is 7.11 Å². The molecule has 0 saturated carbocycles. The normalized spacial score (nSPS) is 12.2. The second kappa shape index (κ2) is 6.17. The maximum Gasteiger partial charge on any atom is 0.124 e. The Kier molecular flexibility index (Phi) is 4.56. The van der Waals surface area contributed by atoms with Crippen molar-refractivity contribution in [2.75, 3.05) is 7.11 Å². The fourth-order valence-corrected chi connectivity index (χ4v) is 2.52. The van der Waals surface area contributed by atoms with Crippen LogP contribution < -0.4 is 10.5 Å². The Balaban J connectivity index is 2.23. The van der Waals surface area contributed by atoms with Crippen LogP contribution in [0.4, 0.5) is 4.39 Å². The van der Waals surface area contributed by atoms with Crippen LogP contribution in [0.25, 0.3) is 0 Å². The molecule has 100 valence electrons. The summed E-state index contributed by atoms with van der Waals surface area (Å²) in [6.07, 6.45) is 0.612. The van der Waals surface area contributed by atoms with Crippen LogP contribution in [0.1, 0.15) is 17.2 Å². The highest BCUT2D eigenvalue weighted by Crippen LogP contribution is 2.28. The van der Waals surface area contributed by atoms with E-state index in [1.165, 1.54) is 12.1 Å². The molecule has 0 aromatic heterocycles. The third kappa shape index (κ3) is 3.33. The molecule has 0 aliphatic rings. The molecule has 0 fully saturated rings. The summed E-state index contributed by atoms with van der Waals surface area (Å²) in [6.45, 7) is 0. The van der Waals surface area contributed by atoms with Gasteiger partial charge in [-0.05, 0) is 30.2 Å². The Morgan fingerprint density at radius 3 is 2.68 bits per heavy atom. The molecule has 0 spiro atoms. The zero-order valence-electron chi connectivity index (χ0n) is 10.6. The zero-order chi connectivity index (χ0) is 13.8. The molecule has 2 rings (SSSR count). The van der Waals surface area contributed by atoms with Crippen LogP contribution in [-0.2, 0) is 6.42 Å². The van der Waals surface area contributed by atoms with Gasteiger partial charge in [0, 0.05) is 16.1 Å². The molecule has 4 heteroatoms. The van der Waals surface area contributed by atoms with Crippen molar-refractivity contribution in [3.63, 3.8) is 0 Å². The highest BCUT2D eigenvalue weighted by Gasteiger charge is 2.13. The Bertz CT molecular complexity index is 574. The number of benzene rings is 2. The maximum absolute atomic E-state index is 13.0. The van der Waals surface area contributed by atoms with Crippen molar-refractivity contribution >= 4 is 15.9 Å². The predicted molar refractivity (Wildman–Crippen MR) is 77.7 cm³/mol. The van der Waals surface area contributed by atoms with E-state index >= 15 is 0 Å². The number of ether oxygens (including phenoxy) is 1. The molecule has 2 aromatic carbocycles. The summed E-state index contributed by atoms with van der Waals surface area (Å²) in [4.78, 5) is 0. The number of hydrogen-bond acceptors (Lipinski definition) is 2. The zero-order valence-corrected chi connectivity index (χ0v) is 12.2. The van der Waals surface area contributed by atoms with Gasteiger partial charge < -0.3 is 10.5 Å². The van der Waals surface area contributed by atoms with Gasteiger partial charge in [-0.15, -0.1) is 0 Å². The molecule has 1 atom stereocenters. The van der Waals surface area contributed by atoms with Gasteiger partial charge in [-0.2, -0.15) is 0 Å². The van der Waals surface area contributed by atoms with E-state index in [9.17, 15) is 4.39 Å². The van der Waals surface area contributed by atoms with Crippen LogP contribution in [0.2, 0.25) is 0 Å². The first-order valence-electron chi connectivity index (χ1n) is 5.94. The average Bonchev–Trinajstić information content (AvgIpc) is 2.41. The number of halogens is 2. The second-order valence-corrected chi connectivity index (χ2v) is 5.14. The van der Waals surface area contributed by atoms with E-state index in [1.54, 1.807) is 13.2 Å². The third-order valence-corrected chi connectivity index (χ3v) is 3.73. The molecule has 0 saturated heterocycles. The van der Waals surface area contributed by atoms with Crippen molar-refractivity contribution in [1.82, 2.24) is 0 Å². The van der Waals surface area contributed by atoms with E-state index < -0.39 is 0 Å². The van der Waals surface area contributed by atoms with Crippen LogP contribution in [0.5, 0.6) is 5.75 Å². The van der Waals surface area contributed by atoms with Crippen LogP contribution in [0, 0.1) is 5.82 Å². The van der Waals surface area contributed by atoms with Crippen molar-refractivity contribution in [3.05, 3.63) is 63.9 Å². The van der Waals surface area contributed by atoms with E-state index in [4.69, 9.17) is 10.5 Å². The molecule has 0 heterocycles. The first-order valence-corrected chi connectivity index (χ1v) is 6.73. The molecule has 0 aliphatic heterocycles. The monoisotopic (exact) mass is 323 g/mol. The quantitative estimate of drug-likeness (QED) is 0.927. The van der Waals surface area contributed by atoms with E-state index in [-0.39, 0.29) is 11.9 Å². The van der Waals surface area contributed by atoms with Gasteiger partial charge in [0.1, 0.15) is 11.6 Å². The molecule has 2 nitrogen and oxygen atoms in total. The minimum absolute atomic E-state index is 0.196. The number of para-hydroxylation sites is 1. The first-order chi connectivity index (χ1) is 9.11. The van der Waals surface area contributed by atoms with Gasteiger partial charge in [-0.1, -0.05) is 40.2 Å². The maximum atomic E-state index is 13.0. The largest absolute Gasteiger partial charge is 0.496 e. The Morgan fingerprint density at radius 1 is 1.26 bits per heavy atom. The number of hydrogen-bond donors (Lipinski definition) is 1. The predicted octanol–water partition coefficient (Wildman–Crippen LogP) is 3.84. The fraction of sp³-hybridized carbons (Fsp3) is 0.200. The SMILES string of the molecule is COc1ccccc1C(N)Cc1ccc(F)cc1Br. The third-order valence-electron chi connectivity index (χ3n) is 2.99. The summed E-state index contributed by atoms with van der Waals surface area (Å²) in [5, 5.41) is 0.